The van der Waals surface area contributed by atoms with Crippen LogP contribution in [0.15, 0.2) is 37.4 Å². The summed E-state index contributed by atoms with van der Waals surface area (Å²) in [5.41, 5.74) is -0.153. The molecular formula is C13H16N8. The third kappa shape index (κ3) is 3.04. The fraction of sp³-hybridized carbons (Fsp3) is 0.308. The Balaban J connectivity index is 2.08. The van der Waals surface area contributed by atoms with Crippen molar-refractivity contribution >= 4 is 5.95 Å². The molecule has 3 aromatic rings. The average Bonchev–Trinajstić information content (AvgIpc) is 3.10. The normalized spacial score (nSPS) is 11.6. The molecule has 0 atom stereocenters. The Morgan fingerprint density at radius 2 is 1.38 bits per heavy atom. The summed E-state index contributed by atoms with van der Waals surface area (Å²) >= 11 is 0. The van der Waals surface area contributed by atoms with Gasteiger partial charge in [0.05, 0.1) is 0 Å². The third-order valence-corrected chi connectivity index (χ3v) is 2.57. The molecule has 0 aliphatic carbocycles. The van der Waals surface area contributed by atoms with Crippen molar-refractivity contribution in [3.8, 4) is 11.9 Å². The Morgan fingerprint density at radius 3 is 1.76 bits per heavy atom. The number of anilines is 1. The minimum Gasteiger partial charge on any atom is -0.349 e. The van der Waals surface area contributed by atoms with Gasteiger partial charge in [-0.1, -0.05) is 0 Å². The number of nitrogens with one attached hydrogen (secondary N) is 1. The highest BCUT2D eigenvalue weighted by Crippen LogP contribution is 2.13. The van der Waals surface area contributed by atoms with Gasteiger partial charge in [-0.05, 0) is 20.8 Å². The van der Waals surface area contributed by atoms with E-state index in [4.69, 9.17) is 0 Å². The standard InChI is InChI=1S/C13H16N8/c1-13(2,3)19-10-16-11(20-6-4-14-8-20)18-12(17-10)21-7-5-15-9-21/h4-9H,1-3H3,(H,16,17,18,19). The van der Waals surface area contributed by atoms with Crippen LogP contribution < -0.4 is 5.32 Å². The Labute approximate surface area is 121 Å². The summed E-state index contributed by atoms with van der Waals surface area (Å²) in [5.74, 6) is 1.50. The second-order valence-electron chi connectivity index (χ2n) is 5.57. The number of nitrogens with zero attached hydrogens (tertiary/aromatic N) is 7. The zero-order valence-electron chi connectivity index (χ0n) is 12.1. The minimum atomic E-state index is -0.153. The summed E-state index contributed by atoms with van der Waals surface area (Å²) in [6, 6.07) is 0. The van der Waals surface area contributed by atoms with Crippen LogP contribution >= 0.6 is 0 Å². The van der Waals surface area contributed by atoms with E-state index in [1.165, 1.54) is 0 Å². The summed E-state index contributed by atoms with van der Waals surface area (Å²) in [4.78, 5) is 21.3. The maximum absolute atomic E-state index is 4.43. The van der Waals surface area contributed by atoms with Crippen LogP contribution in [0.25, 0.3) is 11.9 Å². The van der Waals surface area contributed by atoms with Crippen molar-refractivity contribution in [3.63, 3.8) is 0 Å². The maximum Gasteiger partial charge on any atom is 0.241 e. The molecule has 0 aliphatic heterocycles. The largest absolute Gasteiger partial charge is 0.349 e. The van der Waals surface area contributed by atoms with E-state index in [9.17, 15) is 0 Å². The lowest BCUT2D eigenvalue weighted by Crippen LogP contribution is -2.28. The highest BCUT2D eigenvalue weighted by molar-refractivity contribution is 5.35. The fourth-order valence-corrected chi connectivity index (χ4v) is 1.73. The number of imidazole rings is 2. The van der Waals surface area contributed by atoms with Gasteiger partial charge in [0.25, 0.3) is 0 Å². The van der Waals surface area contributed by atoms with Crippen LogP contribution in [0.1, 0.15) is 20.8 Å². The van der Waals surface area contributed by atoms with Gasteiger partial charge in [-0.15, -0.1) is 0 Å². The molecule has 108 valence electrons. The lowest BCUT2D eigenvalue weighted by atomic mass is 10.1. The zero-order valence-corrected chi connectivity index (χ0v) is 12.1. The van der Waals surface area contributed by atoms with E-state index in [0.29, 0.717) is 17.8 Å². The second kappa shape index (κ2) is 4.97. The summed E-state index contributed by atoms with van der Waals surface area (Å²) < 4.78 is 3.46. The lowest BCUT2D eigenvalue weighted by molar-refractivity contribution is 0.623. The summed E-state index contributed by atoms with van der Waals surface area (Å²) in [6.07, 6.45) is 10.2. The van der Waals surface area contributed by atoms with Crippen LogP contribution in [0.5, 0.6) is 0 Å². The van der Waals surface area contributed by atoms with Crippen molar-refractivity contribution in [1.82, 2.24) is 34.1 Å². The van der Waals surface area contributed by atoms with E-state index in [1.54, 1.807) is 46.6 Å². The number of aromatic nitrogens is 7. The van der Waals surface area contributed by atoms with Crippen LogP contribution in [0.3, 0.4) is 0 Å². The van der Waals surface area contributed by atoms with Crippen molar-refractivity contribution < 1.29 is 0 Å². The van der Waals surface area contributed by atoms with Crippen molar-refractivity contribution in [3.05, 3.63) is 37.4 Å². The van der Waals surface area contributed by atoms with E-state index < -0.39 is 0 Å². The van der Waals surface area contributed by atoms with Gasteiger partial charge in [0, 0.05) is 30.3 Å². The molecule has 0 unspecified atom stereocenters. The molecular weight excluding hydrogens is 268 g/mol. The number of hydrogen-bond donors (Lipinski definition) is 1. The predicted molar refractivity (Wildman–Crippen MR) is 77.4 cm³/mol. The summed E-state index contributed by atoms with van der Waals surface area (Å²) in [6.45, 7) is 6.14. The molecule has 0 saturated heterocycles. The third-order valence-electron chi connectivity index (χ3n) is 2.57. The molecule has 8 nitrogen and oxygen atoms in total. The monoisotopic (exact) mass is 284 g/mol. The molecule has 21 heavy (non-hydrogen) atoms. The first-order chi connectivity index (χ1) is 10.0. The van der Waals surface area contributed by atoms with Crippen LogP contribution in [0.2, 0.25) is 0 Å². The SMILES string of the molecule is CC(C)(C)Nc1nc(-n2ccnc2)nc(-n2ccnc2)n1. The highest BCUT2D eigenvalue weighted by atomic mass is 15.3. The Kier molecular flexibility index (Phi) is 3.13. The van der Waals surface area contributed by atoms with Crippen molar-refractivity contribution in [2.45, 2.75) is 26.3 Å². The summed E-state index contributed by atoms with van der Waals surface area (Å²) in [5, 5.41) is 3.26. The first-order valence-corrected chi connectivity index (χ1v) is 6.52. The zero-order chi connectivity index (χ0) is 14.9. The van der Waals surface area contributed by atoms with E-state index in [-0.39, 0.29) is 5.54 Å². The maximum atomic E-state index is 4.43. The van der Waals surface area contributed by atoms with Gasteiger partial charge in [0.15, 0.2) is 0 Å². The molecule has 0 radical (unpaired) electrons. The van der Waals surface area contributed by atoms with Gasteiger partial charge in [0.2, 0.25) is 17.8 Å². The van der Waals surface area contributed by atoms with Gasteiger partial charge in [0.1, 0.15) is 12.7 Å². The Hall–Kier alpha value is -2.77. The topological polar surface area (TPSA) is 86.3 Å². The Bertz CT molecular complexity index is 657. The number of hydrogen-bond acceptors (Lipinski definition) is 6. The van der Waals surface area contributed by atoms with Crippen LogP contribution in [0, 0.1) is 0 Å². The van der Waals surface area contributed by atoms with Crippen molar-refractivity contribution in [2.24, 2.45) is 0 Å². The summed E-state index contributed by atoms with van der Waals surface area (Å²) in [7, 11) is 0. The van der Waals surface area contributed by atoms with Crippen LogP contribution in [-0.2, 0) is 0 Å². The highest BCUT2D eigenvalue weighted by Gasteiger charge is 2.15. The van der Waals surface area contributed by atoms with E-state index in [1.807, 2.05) is 20.8 Å². The molecule has 0 aromatic carbocycles. The van der Waals surface area contributed by atoms with Gasteiger partial charge in [-0.2, -0.15) is 15.0 Å². The van der Waals surface area contributed by atoms with Crippen LogP contribution in [0.4, 0.5) is 5.95 Å². The fourth-order valence-electron chi connectivity index (χ4n) is 1.73. The van der Waals surface area contributed by atoms with E-state index in [2.05, 4.69) is 30.2 Å². The van der Waals surface area contributed by atoms with Crippen LogP contribution in [-0.4, -0.2) is 39.6 Å². The smallest absolute Gasteiger partial charge is 0.241 e. The molecule has 0 amide bonds. The first-order valence-electron chi connectivity index (χ1n) is 6.52. The quantitative estimate of drug-likeness (QED) is 0.783. The van der Waals surface area contributed by atoms with Gasteiger partial charge in [-0.25, -0.2) is 9.97 Å². The molecule has 8 heteroatoms. The molecule has 3 heterocycles. The van der Waals surface area contributed by atoms with E-state index in [0.717, 1.165) is 0 Å². The van der Waals surface area contributed by atoms with Gasteiger partial charge in [-0.3, -0.25) is 9.13 Å². The number of rotatable bonds is 3. The van der Waals surface area contributed by atoms with Gasteiger partial charge < -0.3 is 5.32 Å². The molecule has 0 aliphatic rings. The lowest BCUT2D eigenvalue weighted by Gasteiger charge is -2.20. The molecule has 0 spiro atoms. The molecule has 0 saturated carbocycles. The predicted octanol–water partition coefficient (Wildman–Crippen LogP) is 1.45. The molecule has 3 aromatic heterocycles. The molecule has 0 fully saturated rings. The minimum absolute atomic E-state index is 0.153. The second-order valence-corrected chi connectivity index (χ2v) is 5.57. The molecule has 1 N–H and O–H groups in total. The van der Waals surface area contributed by atoms with Crippen molar-refractivity contribution in [2.75, 3.05) is 5.32 Å². The Morgan fingerprint density at radius 1 is 0.857 bits per heavy atom. The van der Waals surface area contributed by atoms with Crippen molar-refractivity contribution in [1.29, 1.82) is 0 Å². The molecule has 3 rings (SSSR count). The van der Waals surface area contributed by atoms with Gasteiger partial charge >= 0.3 is 0 Å². The average molecular weight is 284 g/mol. The molecule has 0 bridgehead atoms. The van der Waals surface area contributed by atoms with E-state index >= 15 is 0 Å². The first kappa shape index (κ1) is 13.2.